The summed E-state index contributed by atoms with van der Waals surface area (Å²) in [6.07, 6.45) is -1.88. The number of unbranched alkanes of at least 4 members (excludes halogenated alkanes) is 1. The van der Waals surface area contributed by atoms with Crippen LogP contribution in [-0.2, 0) is 9.59 Å². The summed E-state index contributed by atoms with van der Waals surface area (Å²) in [6.45, 7) is 4.06. The molecule has 1 unspecified atom stereocenters. The minimum absolute atomic E-state index is 0.0800. The Kier molecular flexibility index (Phi) is 7.84. The van der Waals surface area contributed by atoms with Gasteiger partial charge in [0.2, 0.25) is 6.41 Å². The van der Waals surface area contributed by atoms with Crippen molar-refractivity contribution in [2.24, 2.45) is 0 Å². The van der Waals surface area contributed by atoms with E-state index in [1.807, 2.05) is 0 Å². The van der Waals surface area contributed by atoms with Gasteiger partial charge >= 0.3 is 6.18 Å². The highest BCUT2D eigenvalue weighted by atomic mass is 32.2. The van der Waals surface area contributed by atoms with E-state index in [1.54, 1.807) is 30.0 Å². The monoisotopic (exact) mass is 486 g/mol. The van der Waals surface area contributed by atoms with Gasteiger partial charge in [-0.15, -0.1) is 11.8 Å². The zero-order valence-electron chi connectivity index (χ0n) is 18.1. The Bertz CT molecular complexity index is 1010. The summed E-state index contributed by atoms with van der Waals surface area (Å²) in [5, 5.41) is 0.886. The highest BCUT2D eigenvalue weighted by Gasteiger charge is 2.36. The number of fused-ring (bicyclic) bond motifs is 1. The largest absolute Gasteiger partial charge is 0.431 e. The van der Waals surface area contributed by atoms with Crippen LogP contribution < -0.4 is 4.90 Å². The van der Waals surface area contributed by atoms with Crippen molar-refractivity contribution in [1.82, 2.24) is 14.2 Å². The van der Waals surface area contributed by atoms with Gasteiger partial charge in [0.1, 0.15) is 11.1 Å². The number of halogens is 3. The number of alkyl halides is 3. The van der Waals surface area contributed by atoms with E-state index in [0.717, 1.165) is 52.4 Å². The molecule has 1 fully saturated rings. The van der Waals surface area contributed by atoms with Crippen LogP contribution in [0.15, 0.2) is 30.0 Å². The van der Waals surface area contributed by atoms with Gasteiger partial charge in [-0.25, -0.2) is 4.90 Å². The maximum absolute atomic E-state index is 13.2. The molecule has 0 spiro atoms. The first-order chi connectivity index (χ1) is 15.2. The van der Waals surface area contributed by atoms with Crippen LogP contribution in [0.1, 0.15) is 30.8 Å². The van der Waals surface area contributed by atoms with E-state index >= 15 is 0 Å². The summed E-state index contributed by atoms with van der Waals surface area (Å²) in [4.78, 5) is 28.1. The molecule has 1 aliphatic heterocycles. The lowest BCUT2D eigenvalue weighted by Gasteiger charge is -2.22. The van der Waals surface area contributed by atoms with Crippen LogP contribution >= 0.6 is 23.3 Å². The average Bonchev–Trinajstić information content (AvgIpc) is 3.35. The van der Waals surface area contributed by atoms with E-state index in [1.165, 1.54) is 25.6 Å². The van der Waals surface area contributed by atoms with Crippen LogP contribution in [0.5, 0.6) is 0 Å². The van der Waals surface area contributed by atoms with Crippen molar-refractivity contribution in [3.8, 4) is 0 Å². The molecule has 1 aromatic heterocycles. The van der Waals surface area contributed by atoms with E-state index in [-0.39, 0.29) is 17.5 Å². The van der Waals surface area contributed by atoms with Crippen LogP contribution in [0.4, 0.5) is 18.9 Å². The van der Waals surface area contributed by atoms with Crippen molar-refractivity contribution < 1.29 is 22.8 Å². The van der Waals surface area contributed by atoms with Gasteiger partial charge in [-0.2, -0.15) is 17.5 Å². The van der Waals surface area contributed by atoms with Gasteiger partial charge in [0.25, 0.3) is 5.91 Å². The van der Waals surface area contributed by atoms with Gasteiger partial charge in [-0.05, 0) is 42.7 Å². The fourth-order valence-corrected chi connectivity index (χ4v) is 5.69. The Morgan fingerprint density at radius 3 is 2.72 bits per heavy atom. The molecule has 6 nitrogen and oxygen atoms in total. The second kappa shape index (κ2) is 10.2. The number of imide groups is 1. The summed E-state index contributed by atoms with van der Waals surface area (Å²) >= 11 is 3.13. The number of allylic oxidation sites excluding steroid dienone is 1. The molecule has 32 heavy (non-hydrogen) atoms. The van der Waals surface area contributed by atoms with Crippen molar-refractivity contribution in [1.29, 1.82) is 0 Å². The molecule has 0 radical (unpaired) electrons. The van der Waals surface area contributed by atoms with Crippen LogP contribution in [0.25, 0.3) is 10.1 Å². The second-order valence-corrected chi connectivity index (χ2v) is 9.59. The van der Waals surface area contributed by atoms with Gasteiger partial charge in [0.15, 0.2) is 0 Å². The molecule has 0 N–H and O–H groups in total. The van der Waals surface area contributed by atoms with Crippen molar-refractivity contribution >= 4 is 51.4 Å². The van der Waals surface area contributed by atoms with E-state index in [9.17, 15) is 22.8 Å². The minimum atomic E-state index is -4.72. The lowest BCUT2D eigenvalue weighted by Crippen LogP contribution is -2.32. The standard InChI is InChI=1S/C21H25F3N4O2S2/c1-4-5-8-27-9-10-31-20(27)19-15-11-14(6-7-16(15)32-25-19)28(13-29)18(30)12-17(26(2)3)21(22,23)24/h6-7,11-13,20H,4-5,8-10H2,1-3H3/b17-12-. The van der Waals surface area contributed by atoms with Gasteiger partial charge in [-0.3, -0.25) is 14.5 Å². The number of thioether (sulfide) groups is 1. The fraction of sp³-hybridized carbons (Fsp3) is 0.476. The third kappa shape index (κ3) is 5.26. The van der Waals surface area contributed by atoms with Crippen LogP contribution in [0.2, 0.25) is 0 Å². The van der Waals surface area contributed by atoms with Crippen LogP contribution in [0, 0.1) is 0 Å². The number of hydrogen-bond donors (Lipinski definition) is 0. The molecule has 0 bridgehead atoms. The highest BCUT2D eigenvalue weighted by Crippen LogP contribution is 2.42. The molecule has 0 aliphatic carbocycles. The molecular weight excluding hydrogens is 461 g/mol. The number of carbonyl (C=O) groups is 2. The number of benzene rings is 1. The van der Waals surface area contributed by atoms with Gasteiger partial charge in [0, 0.05) is 37.9 Å². The molecule has 1 atom stereocenters. The Morgan fingerprint density at radius 1 is 1.34 bits per heavy atom. The molecule has 0 saturated carbocycles. The highest BCUT2D eigenvalue weighted by molar-refractivity contribution is 7.99. The maximum atomic E-state index is 13.2. The average molecular weight is 487 g/mol. The minimum Gasteiger partial charge on any atom is -0.373 e. The lowest BCUT2D eigenvalue weighted by molar-refractivity contribution is -0.121. The summed E-state index contributed by atoms with van der Waals surface area (Å²) < 4.78 is 45.2. The van der Waals surface area contributed by atoms with Crippen molar-refractivity contribution in [2.45, 2.75) is 31.3 Å². The first kappa shape index (κ1) is 24.5. The predicted molar refractivity (Wildman–Crippen MR) is 123 cm³/mol. The fourth-order valence-electron chi connectivity index (χ4n) is 3.51. The number of rotatable bonds is 8. The van der Waals surface area contributed by atoms with Gasteiger partial charge < -0.3 is 4.90 Å². The zero-order valence-corrected chi connectivity index (χ0v) is 19.7. The van der Waals surface area contributed by atoms with Crippen molar-refractivity contribution in [2.75, 3.05) is 37.8 Å². The molecule has 2 amide bonds. The normalized spacial score (nSPS) is 17.7. The number of aromatic nitrogens is 1. The van der Waals surface area contributed by atoms with Crippen LogP contribution in [0.3, 0.4) is 0 Å². The van der Waals surface area contributed by atoms with E-state index < -0.39 is 17.8 Å². The molecule has 2 aromatic rings. The molecule has 3 rings (SSSR count). The van der Waals surface area contributed by atoms with Crippen LogP contribution in [-0.4, -0.2) is 65.6 Å². The summed E-state index contributed by atoms with van der Waals surface area (Å²) in [7, 11) is 2.38. The molecule has 1 aromatic carbocycles. The van der Waals surface area contributed by atoms with Crippen molar-refractivity contribution in [3.05, 3.63) is 35.7 Å². The quantitative estimate of drug-likeness (QED) is 0.400. The Labute approximate surface area is 193 Å². The van der Waals surface area contributed by atoms with Gasteiger partial charge in [-0.1, -0.05) is 13.3 Å². The number of anilines is 1. The number of hydrogen-bond acceptors (Lipinski definition) is 7. The summed E-state index contributed by atoms with van der Waals surface area (Å²) in [6, 6.07) is 4.95. The number of amides is 2. The Balaban J connectivity index is 1.95. The molecule has 1 aliphatic rings. The first-order valence-corrected chi connectivity index (χ1v) is 12.0. The molecule has 174 valence electrons. The predicted octanol–water partition coefficient (Wildman–Crippen LogP) is 4.64. The first-order valence-electron chi connectivity index (χ1n) is 10.2. The smallest absolute Gasteiger partial charge is 0.373 e. The molecular formula is C21H25F3N4O2S2. The molecule has 2 heterocycles. The van der Waals surface area contributed by atoms with E-state index in [4.69, 9.17) is 0 Å². The summed E-state index contributed by atoms with van der Waals surface area (Å²) in [5.74, 6) is -0.0772. The summed E-state index contributed by atoms with van der Waals surface area (Å²) in [5.41, 5.74) is -0.0654. The van der Waals surface area contributed by atoms with Gasteiger partial charge in [0.05, 0.1) is 16.1 Å². The Hall–Kier alpha value is -2.11. The lowest BCUT2D eigenvalue weighted by atomic mass is 10.1. The number of carbonyl (C=O) groups excluding carboxylic acids is 2. The maximum Gasteiger partial charge on any atom is 0.431 e. The molecule has 11 heteroatoms. The third-order valence-electron chi connectivity index (χ3n) is 5.15. The van der Waals surface area contributed by atoms with E-state index in [2.05, 4.69) is 16.2 Å². The SMILES string of the molecule is CCCCN1CCSC1c1nsc2ccc(N(C=O)C(=O)/C=C(\N(C)C)C(F)(F)F)cc12. The molecule has 1 saturated heterocycles. The van der Waals surface area contributed by atoms with Crippen molar-refractivity contribution in [3.63, 3.8) is 0 Å². The Morgan fingerprint density at radius 2 is 2.09 bits per heavy atom. The topological polar surface area (TPSA) is 56.8 Å². The zero-order chi connectivity index (χ0) is 23.5. The van der Waals surface area contributed by atoms with E-state index in [0.29, 0.717) is 11.0 Å². The number of nitrogens with zero attached hydrogens (tertiary/aromatic N) is 4. The second-order valence-electron chi connectivity index (χ2n) is 7.60. The third-order valence-corrected chi connectivity index (χ3v) is 7.25.